The van der Waals surface area contributed by atoms with Crippen molar-refractivity contribution >= 4 is 0 Å². The molecule has 3 heteroatoms. The highest BCUT2D eigenvalue weighted by molar-refractivity contribution is 5.39. The SMILES string of the molecule is CCc1c(F)cc(CC2CCNC2)cc1OC. The van der Waals surface area contributed by atoms with Crippen molar-refractivity contribution in [1.29, 1.82) is 0 Å². The van der Waals surface area contributed by atoms with Gasteiger partial charge in [0.1, 0.15) is 11.6 Å². The minimum absolute atomic E-state index is 0.132. The summed E-state index contributed by atoms with van der Waals surface area (Å²) in [7, 11) is 1.61. The third kappa shape index (κ3) is 2.78. The summed E-state index contributed by atoms with van der Waals surface area (Å²) in [6.07, 6.45) is 2.78. The molecule has 0 aromatic heterocycles. The zero-order valence-corrected chi connectivity index (χ0v) is 10.6. The van der Waals surface area contributed by atoms with Crippen molar-refractivity contribution < 1.29 is 9.13 Å². The fourth-order valence-electron chi connectivity index (χ4n) is 2.53. The molecule has 1 atom stereocenters. The maximum absolute atomic E-state index is 13.9. The van der Waals surface area contributed by atoms with Crippen LogP contribution in [0.4, 0.5) is 4.39 Å². The number of halogens is 1. The Labute approximate surface area is 102 Å². The second-order valence-corrected chi connectivity index (χ2v) is 4.67. The van der Waals surface area contributed by atoms with Gasteiger partial charge in [0.2, 0.25) is 0 Å². The number of benzene rings is 1. The number of hydrogen-bond acceptors (Lipinski definition) is 2. The molecule has 17 heavy (non-hydrogen) atoms. The molecule has 1 aromatic rings. The van der Waals surface area contributed by atoms with E-state index in [1.807, 2.05) is 13.0 Å². The molecule has 2 rings (SSSR count). The first-order valence-corrected chi connectivity index (χ1v) is 6.30. The van der Waals surface area contributed by atoms with Gasteiger partial charge in [0.05, 0.1) is 7.11 Å². The highest BCUT2D eigenvalue weighted by Gasteiger charge is 2.17. The van der Waals surface area contributed by atoms with Crippen molar-refractivity contribution in [3.8, 4) is 5.75 Å². The van der Waals surface area contributed by atoms with E-state index in [9.17, 15) is 4.39 Å². The first-order valence-electron chi connectivity index (χ1n) is 6.30. The molecule has 0 spiro atoms. The fourth-order valence-corrected chi connectivity index (χ4v) is 2.53. The number of methoxy groups -OCH3 is 1. The fraction of sp³-hybridized carbons (Fsp3) is 0.571. The molecule has 1 unspecified atom stereocenters. The topological polar surface area (TPSA) is 21.3 Å². The van der Waals surface area contributed by atoms with Gasteiger partial charge in [0.25, 0.3) is 0 Å². The predicted octanol–water partition coefficient (Wildman–Crippen LogP) is 2.55. The zero-order valence-electron chi connectivity index (χ0n) is 10.6. The second-order valence-electron chi connectivity index (χ2n) is 4.67. The Morgan fingerprint density at radius 2 is 2.29 bits per heavy atom. The third-order valence-corrected chi connectivity index (χ3v) is 3.47. The van der Waals surface area contributed by atoms with Gasteiger partial charge in [0, 0.05) is 5.56 Å². The summed E-state index contributed by atoms with van der Waals surface area (Å²) in [6.45, 7) is 4.07. The lowest BCUT2D eigenvalue weighted by atomic mass is 9.96. The minimum atomic E-state index is -0.132. The zero-order chi connectivity index (χ0) is 12.3. The van der Waals surface area contributed by atoms with Gasteiger partial charge < -0.3 is 10.1 Å². The van der Waals surface area contributed by atoms with Crippen molar-refractivity contribution in [2.45, 2.75) is 26.2 Å². The molecule has 2 nitrogen and oxygen atoms in total. The number of ether oxygens (including phenoxy) is 1. The molecule has 1 aliphatic heterocycles. The Morgan fingerprint density at radius 1 is 1.47 bits per heavy atom. The standard InChI is InChI=1S/C14H20FNO/c1-3-12-13(15)7-11(8-14(12)17-2)6-10-4-5-16-9-10/h7-8,10,16H,3-6,9H2,1-2H3. The Kier molecular flexibility index (Phi) is 4.00. The summed E-state index contributed by atoms with van der Waals surface area (Å²) in [5.41, 5.74) is 1.73. The lowest BCUT2D eigenvalue weighted by Gasteiger charge is -2.13. The van der Waals surface area contributed by atoms with E-state index in [1.54, 1.807) is 13.2 Å². The van der Waals surface area contributed by atoms with E-state index in [1.165, 1.54) is 6.42 Å². The van der Waals surface area contributed by atoms with Crippen LogP contribution in [-0.4, -0.2) is 20.2 Å². The summed E-state index contributed by atoms with van der Waals surface area (Å²) in [6, 6.07) is 3.65. The quantitative estimate of drug-likeness (QED) is 0.869. The van der Waals surface area contributed by atoms with Crippen LogP contribution in [0.15, 0.2) is 12.1 Å². The van der Waals surface area contributed by atoms with Gasteiger partial charge in [-0.3, -0.25) is 0 Å². The van der Waals surface area contributed by atoms with E-state index >= 15 is 0 Å². The summed E-state index contributed by atoms with van der Waals surface area (Å²) >= 11 is 0. The average Bonchev–Trinajstić information content (AvgIpc) is 2.81. The normalized spacial score (nSPS) is 19.6. The number of rotatable bonds is 4. The molecule has 1 saturated heterocycles. The molecule has 1 aromatic carbocycles. The summed E-state index contributed by atoms with van der Waals surface area (Å²) < 4.78 is 19.1. The van der Waals surface area contributed by atoms with Gasteiger partial charge in [0.15, 0.2) is 0 Å². The summed E-state index contributed by atoms with van der Waals surface area (Å²) in [5.74, 6) is 1.19. The van der Waals surface area contributed by atoms with Gasteiger partial charge in [-0.15, -0.1) is 0 Å². The third-order valence-electron chi connectivity index (χ3n) is 3.47. The van der Waals surface area contributed by atoms with Gasteiger partial charge in [-0.2, -0.15) is 0 Å². The van der Waals surface area contributed by atoms with Crippen LogP contribution in [0, 0.1) is 11.7 Å². The van der Waals surface area contributed by atoms with Crippen molar-refractivity contribution in [3.05, 3.63) is 29.1 Å². The largest absolute Gasteiger partial charge is 0.496 e. The molecular weight excluding hydrogens is 217 g/mol. The van der Waals surface area contributed by atoms with Crippen molar-refractivity contribution in [1.82, 2.24) is 5.32 Å². The van der Waals surface area contributed by atoms with E-state index in [2.05, 4.69) is 5.32 Å². The van der Waals surface area contributed by atoms with Crippen LogP contribution in [-0.2, 0) is 12.8 Å². The molecular formula is C14H20FNO. The summed E-state index contributed by atoms with van der Waals surface area (Å²) in [5, 5.41) is 3.33. The Morgan fingerprint density at radius 3 is 2.88 bits per heavy atom. The number of hydrogen-bond donors (Lipinski definition) is 1. The van der Waals surface area contributed by atoms with Crippen LogP contribution in [0.3, 0.4) is 0 Å². The Bertz CT molecular complexity index is 386. The lowest BCUT2D eigenvalue weighted by molar-refractivity contribution is 0.403. The Balaban J connectivity index is 2.19. The van der Waals surface area contributed by atoms with E-state index < -0.39 is 0 Å². The second kappa shape index (κ2) is 5.50. The average molecular weight is 237 g/mol. The van der Waals surface area contributed by atoms with Crippen LogP contribution < -0.4 is 10.1 Å². The van der Waals surface area contributed by atoms with Crippen LogP contribution in [0.1, 0.15) is 24.5 Å². The molecule has 0 bridgehead atoms. The van der Waals surface area contributed by atoms with Crippen LogP contribution in [0.5, 0.6) is 5.75 Å². The predicted molar refractivity (Wildman–Crippen MR) is 67.0 cm³/mol. The van der Waals surface area contributed by atoms with E-state index in [4.69, 9.17) is 4.74 Å². The highest BCUT2D eigenvalue weighted by Crippen LogP contribution is 2.26. The number of nitrogens with one attached hydrogen (secondary N) is 1. The maximum atomic E-state index is 13.9. The summed E-state index contributed by atoms with van der Waals surface area (Å²) in [4.78, 5) is 0. The molecule has 1 fully saturated rings. The first-order chi connectivity index (χ1) is 8.24. The van der Waals surface area contributed by atoms with Crippen LogP contribution >= 0.6 is 0 Å². The molecule has 94 valence electrons. The van der Waals surface area contributed by atoms with Crippen molar-refractivity contribution in [2.75, 3.05) is 20.2 Å². The first kappa shape index (κ1) is 12.4. The molecule has 0 saturated carbocycles. The highest BCUT2D eigenvalue weighted by atomic mass is 19.1. The van der Waals surface area contributed by atoms with Gasteiger partial charge in [-0.1, -0.05) is 6.92 Å². The molecule has 0 aliphatic carbocycles. The van der Waals surface area contributed by atoms with Crippen LogP contribution in [0.25, 0.3) is 0 Å². The minimum Gasteiger partial charge on any atom is -0.496 e. The van der Waals surface area contributed by atoms with Crippen molar-refractivity contribution in [2.24, 2.45) is 5.92 Å². The van der Waals surface area contributed by atoms with Crippen molar-refractivity contribution in [3.63, 3.8) is 0 Å². The lowest BCUT2D eigenvalue weighted by Crippen LogP contribution is -2.11. The van der Waals surface area contributed by atoms with E-state index in [0.29, 0.717) is 23.7 Å². The van der Waals surface area contributed by atoms with Crippen LogP contribution in [0.2, 0.25) is 0 Å². The van der Waals surface area contributed by atoms with Gasteiger partial charge in [-0.25, -0.2) is 4.39 Å². The van der Waals surface area contributed by atoms with E-state index in [-0.39, 0.29) is 5.82 Å². The molecule has 1 heterocycles. The van der Waals surface area contributed by atoms with Gasteiger partial charge in [-0.05, 0) is 56.0 Å². The van der Waals surface area contributed by atoms with E-state index in [0.717, 1.165) is 25.1 Å². The molecule has 1 aliphatic rings. The maximum Gasteiger partial charge on any atom is 0.130 e. The molecule has 1 N–H and O–H groups in total. The molecule has 0 amide bonds. The van der Waals surface area contributed by atoms with Gasteiger partial charge >= 0.3 is 0 Å². The monoisotopic (exact) mass is 237 g/mol. The smallest absolute Gasteiger partial charge is 0.130 e. The Hall–Kier alpha value is -1.09. The molecule has 0 radical (unpaired) electrons.